The van der Waals surface area contributed by atoms with Crippen LogP contribution in [0.1, 0.15) is 42.1 Å². The van der Waals surface area contributed by atoms with E-state index in [0.29, 0.717) is 5.56 Å². The highest BCUT2D eigenvalue weighted by Gasteiger charge is 2.13. The minimum Gasteiger partial charge on any atom is -0.456 e. The number of esters is 1. The first kappa shape index (κ1) is 21.6. The summed E-state index contributed by atoms with van der Waals surface area (Å²) in [6.45, 7) is 1.50. The third kappa shape index (κ3) is 6.78. The number of anilines is 1. The maximum Gasteiger partial charge on any atom is 0.306 e. The molecule has 148 valence electrons. The van der Waals surface area contributed by atoms with Gasteiger partial charge in [-0.15, -0.1) is 0 Å². The Kier molecular flexibility index (Phi) is 8.14. The van der Waals surface area contributed by atoms with Crippen LogP contribution in [0.2, 0.25) is 5.02 Å². The smallest absolute Gasteiger partial charge is 0.306 e. The lowest BCUT2D eigenvalue weighted by Crippen LogP contribution is -2.21. The first-order valence-electron chi connectivity index (χ1n) is 8.91. The first-order chi connectivity index (χ1) is 13.4. The van der Waals surface area contributed by atoms with E-state index < -0.39 is 24.3 Å². The molecule has 0 bridgehead atoms. The minimum absolute atomic E-state index is 0.0174. The summed E-state index contributed by atoms with van der Waals surface area (Å²) >= 11 is 5.74. The van der Waals surface area contributed by atoms with Gasteiger partial charge in [-0.2, -0.15) is 0 Å². The maximum absolute atomic E-state index is 13.5. The van der Waals surface area contributed by atoms with Crippen LogP contribution in [0.5, 0.6) is 0 Å². The molecule has 2 aromatic carbocycles. The molecular weight excluding hydrogens is 385 g/mol. The molecule has 5 nitrogen and oxygen atoms in total. The zero-order valence-electron chi connectivity index (χ0n) is 15.5. The van der Waals surface area contributed by atoms with Crippen LogP contribution in [0.25, 0.3) is 0 Å². The van der Waals surface area contributed by atoms with Crippen LogP contribution >= 0.6 is 11.6 Å². The number of rotatable bonds is 9. The summed E-state index contributed by atoms with van der Waals surface area (Å²) in [5.74, 6) is -2.21. The summed E-state index contributed by atoms with van der Waals surface area (Å²) in [4.78, 5) is 35.6. The lowest BCUT2D eigenvalue weighted by atomic mass is 10.0. The highest BCUT2D eigenvalue weighted by atomic mass is 35.5. The molecule has 0 aromatic heterocycles. The monoisotopic (exact) mass is 405 g/mol. The van der Waals surface area contributed by atoms with Crippen LogP contribution in [-0.2, 0) is 20.7 Å². The summed E-state index contributed by atoms with van der Waals surface area (Å²) in [6.07, 6.45) is 1.81. The molecule has 0 radical (unpaired) electrons. The third-order valence-electron chi connectivity index (χ3n) is 3.94. The highest BCUT2D eigenvalue weighted by Crippen LogP contribution is 2.19. The van der Waals surface area contributed by atoms with Crippen molar-refractivity contribution in [2.24, 2.45) is 0 Å². The van der Waals surface area contributed by atoms with Gasteiger partial charge in [-0.3, -0.25) is 14.4 Å². The molecule has 2 aromatic rings. The van der Waals surface area contributed by atoms with E-state index >= 15 is 0 Å². The number of hydrogen-bond donors (Lipinski definition) is 1. The van der Waals surface area contributed by atoms with E-state index in [1.807, 2.05) is 12.1 Å². The molecule has 0 saturated carbocycles. The summed E-state index contributed by atoms with van der Waals surface area (Å²) in [7, 11) is 0. The van der Waals surface area contributed by atoms with Gasteiger partial charge in [0.2, 0.25) is 0 Å². The van der Waals surface area contributed by atoms with Gasteiger partial charge in [0.1, 0.15) is 5.82 Å². The van der Waals surface area contributed by atoms with E-state index in [1.165, 1.54) is 12.1 Å². The molecule has 0 atom stereocenters. The molecule has 0 unspecified atom stereocenters. The Bertz CT molecular complexity index is 852. The average molecular weight is 406 g/mol. The van der Waals surface area contributed by atoms with Crippen LogP contribution in [0, 0.1) is 5.82 Å². The third-order valence-corrected chi connectivity index (χ3v) is 4.17. The maximum atomic E-state index is 13.5. The second-order valence-corrected chi connectivity index (χ2v) is 6.64. The molecule has 0 heterocycles. The minimum atomic E-state index is -0.702. The topological polar surface area (TPSA) is 72.5 Å². The first-order valence-corrected chi connectivity index (χ1v) is 9.29. The molecule has 0 spiro atoms. The number of Topliss-reactive ketones (excluding diaryl/α,β-unsaturated/α-hetero) is 1. The number of amides is 1. The standard InChI is InChI=1S/C21H21ClFNO4/c1-2-3-14-4-6-15(7-5-14)19(25)10-11-21(27)28-13-20(26)24-18-12-16(22)8-9-17(18)23/h4-9,12H,2-3,10-11,13H2,1H3,(H,24,26). The number of nitrogens with one attached hydrogen (secondary N) is 1. The van der Waals surface area contributed by atoms with Crippen molar-refractivity contribution in [2.75, 3.05) is 11.9 Å². The summed E-state index contributed by atoms with van der Waals surface area (Å²) in [5.41, 5.74) is 1.58. The predicted molar refractivity (Wildman–Crippen MR) is 105 cm³/mol. The number of halogens is 2. The van der Waals surface area contributed by atoms with Crippen LogP contribution in [0.4, 0.5) is 10.1 Å². The van der Waals surface area contributed by atoms with Gasteiger partial charge in [0.05, 0.1) is 12.1 Å². The van der Waals surface area contributed by atoms with Crippen LogP contribution < -0.4 is 5.32 Å². The molecule has 2 rings (SSSR count). The van der Waals surface area contributed by atoms with Gasteiger partial charge in [0, 0.05) is 17.0 Å². The van der Waals surface area contributed by atoms with E-state index in [4.69, 9.17) is 16.3 Å². The van der Waals surface area contributed by atoms with Crippen LogP contribution in [0.15, 0.2) is 42.5 Å². The second-order valence-electron chi connectivity index (χ2n) is 6.20. The summed E-state index contributed by atoms with van der Waals surface area (Å²) in [5, 5.41) is 2.53. The van der Waals surface area contributed by atoms with E-state index in [9.17, 15) is 18.8 Å². The van der Waals surface area contributed by atoms with Gasteiger partial charge in [-0.1, -0.05) is 49.2 Å². The van der Waals surface area contributed by atoms with Crippen molar-refractivity contribution in [3.05, 3.63) is 64.4 Å². The van der Waals surface area contributed by atoms with Gasteiger partial charge in [0.25, 0.3) is 5.91 Å². The molecule has 28 heavy (non-hydrogen) atoms. The Hall–Kier alpha value is -2.73. The molecule has 7 heteroatoms. The van der Waals surface area contributed by atoms with E-state index in [1.54, 1.807) is 12.1 Å². The summed E-state index contributed by atoms with van der Waals surface area (Å²) < 4.78 is 18.4. The average Bonchev–Trinajstić information content (AvgIpc) is 2.68. The number of hydrogen-bond acceptors (Lipinski definition) is 4. The molecule has 0 saturated heterocycles. The van der Waals surface area contributed by atoms with Crippen molar-refractivity contribution in [2.45, 2.75) is 32.6 Å². The van der Waals surface area contributed by atoms with E-state index in [0.717, 1.165) is 24.5 Å². The molecule has 0 aliphatic rings. The molecule has 0 aliphatic carbocycles. The number of ether oxygens (including phenoxy) is 1. The van der Waals surface area contributed by atoms with E-state index in [2.05, 4.69) is 12.2 Å². The number of carbonyl (C=O) groups excluding carboxylic acids is 3. The van der Waals surface area contributed by atoms with Gasteiger partial charge in [-0.25, -0.2) is 4.39 Å². The van der Waals surface area contributed by atoms with Crippen molar-refractivity contribution in [1.82, 2.24) is 0 Å². The van der Waals surface area contributed by atoms with Crippen LogP contribution in [-0.4, -0.2) is 24.3 Å². The van der Waals surface area contributed by atoms with Gasteiger partial charge in [0.15, 0.2) is 12.4 Å². The molecule has 1 N–H and O–H groups in total. The fourth-order valence-corrected chi connectivity index (χ4v) is 2.68. The Morgan fingerprint density at radius 3 is 2.46 bits per heavy atom. The molecule has 0 fully saturated rings. The number of benzene rings is 2. The Balaban J connectivity index is 1.75. The van der Waals surface area contributed by atoms with Crippen LogP contribution in [0.3, 0.4) is 0 Å². The van der Waals surface area contributed by atoms with Crippen molar-refractivity contribution in [1.29, 1.82) is 0 Å². The van der Waals surface area contributed by atoms with Crippen molar-refractivity contribution in [3.63, 3.8) is 0 Å². The quantitative estimate of drug-likeness (QED) is 0.489. The molecule has 1 amide bonds. The predicted octanol–water partition coefficient (Wildman–Crippen LogP) is 4.58. The summed E-state index contributed by atoms with van der Waals surface area (Å²) in [6, 6.07) is 11.0. The zero-order valence-corrected chi connectivity index (χ0v) is 16.2. The fourth-order valence-electron chi connectivity index (χ4n) is 2.50. The normalized spacial score (nSPS) is 10.4. The van der Waals surface area contributed by atoms with Crippen molar-refractivity contribution in [3.8, 4) is 0 Å². The highest BCUT2D eigenvalue weighted by molar-refractivity contribution is 6.30. The van der Waals surface area contributed by atoms with Crippen molar-refractivity contribution < 1.29 is 23.5 Å². The van der Waals surface area contributed by atoms with Gasteiger partial charge < -0.3 is 10.1 Å². The SMILES string of the molecule is CCCc1ccc(C(=O)CCC(=O)OCC(=O)Nc2cc(Cl)ccc2F)cc1. The lowest BCUT2D eigenvalue weighted by molar-refractivity contribution is -0.147. The zero-order chi connectivity index (χ0) is 20.5. The van der Waals surface area contributed by atoms with Gasteiger partial charge in [-0.05, 0) is 30.2 Å². The Morgan fingerprint density at radius 1 is 1.07 bits per heavy atom. The lowest BCUT2D eigenvalue weighted by Gasteiger charge is -2.08. The van der Waals surface area contributed by atoms with Gasteiger partial charge >= 0.3 is 5.97 Å². The van der Waals surface area contributed by atoms with E-state index in [-0.39, 0.29) is 29.3 Å². The largest absolute Gasteiger partial charge is 0.456 e. The number of aryl methyl sites for hydroxylation is 1. The van der Waals surface area contributed by atoms with Crippen molar-refractivity contribution >= 4 is 34.9 Å². The number of carbonyl (C=O) groups is 3. The fraction of sp³-hybridized carbons (Fsp3) is 0.286. The molecule has 0 aliphatic heterocycles. The number of ketones is 1. The molecular formula is C21H21ClFNO4. The Morgan fingerprint density at radius 2 is 1.79 bits per heavy atom. The second kappa shape index (κ2) is 10.6. The Labute approximate surface area is 167 Å².